The molecule has 0 amide bonds. The Balaban J connectivity index is 2.80. The van der Waals surface area contributed by atoms with E-state index in [-0.39, 0.29) is 9.68 Å². The van der Waals surface area contributed by atoms with Gasteiger partial charge in [-0.15, -0.1) is 0 Å². The van der Waals surface area contributed by atoms with E-state index in [1.807, 2.05) is 0 Å². The topological polar surface area (TPSA) is 3.24 Å². The summed E-state index contributed by atoms with van der Waals surface area (Å²) in [6.45, 7) is 6.83. The van der Waals surface area contributed by atoms with Crippen LogP contribution >= 0.6 is 0 Å². The molecule has 12 heavy (non-hydrogen) atoms. The monoisotopic (exact) mass is 179 g/mol. The van der Waals surface area contributed by atoms with Gasteiger partial charge in [-0.05, 0) is 26.0 Å². The van der Waals surface area contributed by atoms with Gasteiger partial charge >= 0.3 is 0 Å². The van der Waals surface area contributed by atoms with Gasteiger partial charge in [0.2, 0.25) is 0 Å². The Kier molecular flexibility index (Phi) is 3.35. The number of benzene rings is 1. The van der Waals surface area contributed by atoms with Crippen LogP contribution in [0.2, 0.25) is 6.55 Å². The smallest absolute Gasteiger partial charge is 0.121 e. The van der Waals surface area contributed by atoms with Crippen LogP contribution in [0.1, 0.15) is 13.8 Å². The molecule has 0 aliphatic carbocycles. The first-order valence-corrected chi connectivity index (χ1v) is 6.62. The highest BCUT2D eigenvalue weighted by molar-refractivity contribution is 6.39. The molecule has 66 valence electrons. The molecule has 0 saturated carbocycles. The fraction of sp³-hybridized carbons (Fsp3) is 0.400. The lowest BCUT2D eigenvalue weighted by Gasteiger charge is -2.27. The van der Waals surface area contributed by atoms with E-state index in [2.05, 4.69) is 55.3 Å². The number of hydrogen-bond donors (Lipinski definition) is 0. The van der Waals surface area contributed by atoms with E-state index in [0.717, 1.165) is 0 Å². The summed E-state index contributed by atoms with van der Waals surface area (Å²) in [5.41, 5.74) is 1.38. The Hall–Kier alpha value is -0.763. The number of nitrogens with zero attached hydrogens (tertiary/aromatic N) is 1. The van der Waals surface area contributed by atoms with Crippen LogP contribution < -0.4 is 4.57 Å². The van der Waals surface area contributed by atoms with Crippen LogP contribution in [0.3, 0.4) is 0 Å². The molecular formula is C10H17NSi. The Morgan fingerprint density at radius 2 is 1.75 bits per heavy atom. The summed E-state index contributed by atoms with van der Waals surface area (Å²) in [6.07, 6.45) is 0. The molecule has 0 unspecified atom stereocenters. The molecule has 0 spiro atoms. The standard InChI is InChI=1S/C10H17NSi/c1-9(2)11(12-3)10-7-5-4-6-8-10/h4-9H,12H2,1-3H3. The number of anilines is 1. The fourth-order valence-electron chi connectivity index (χ4n) is 1.47. The summed E-state index contributed by atoms with van der Waals surface area (Å²) in [4.78, 5) is 0. The zero-order valence-corrected chi connectivity index (χ0v) is 9.53. The van der Waals surface area contributed by atoms with Crippen molar-refractivity contribution in [2.24, 2.45) is 0 Å². The van der Waals surface area contributed by atoms with Crippen molar-refractivity contribution in [3.8, 4) is 0 Å². The van der Waals surface area contributed by atoms with E-state index in [1.165, 1.54) is 5.69 Å². The van der Waals surface area contributed by atoms with Crippen molar-refractivity contribution in [3.63, 3.8) is 0 Å². The van der Waals surface area contributed by atoms with Crippen molar-refractivity contribution in [2.45, 2.75) is 26.4 Å². The van der Waals surface area contributed by atoms with Crippen LogP contribution in [0, 0.1) is 0 Å². The predicted molar refractivity (Wildman–Crippen MR) is 58.5 cm³/mol. The van der Waals surface area contributed by atoms with Gasteiger partial charge in [0.05, 0.1) is 0 Å². The second-order valence-electron chi connectivity index (χ2n) is 3.22. The van der Waals surface area contributed by atoms with Crippen LogP contribution in [0.25, 0.3) is 0 Å². The van der Waals surface area contributed by atoms with Gasteiger partial charge in [0.25, 0.3) is 0 Å². The minimum atomic E-state index is -0.0844. The van der Waals surface area contributed by atoms with Gasteiger partial charge in [-0.25, -0.2) is 0 Å². The van der Waals surface area contributed by atoms with E-state index in [0.29, 0.717) is 6.04 Å². The summed E-state index contributed by atoms with van der Waals surface area (Å²) in [7, 11) is -0.0844. The maximum absolute atomic E-state index is 2.51. The molecule has 0 fully saturated rings. The summed E-state index contributed by atoms with van der Waals surface area (Å²) < 4.78 is 2.51. The molecule has 0 aliphatic heterocycles. The summed E-state index contributed by atoms with van der Waals surface area (Å²) in [5.74, 6) is 0. The molecule has 2 heteroatoms. The van der Waals surface area contributed by atoms with Crippen LogP contribution in [-0.2, 0) is 0 Å². The van der Waals surface area contributed by atoms with Gasteiger partial charge in [0.1, 0.15) is 9.68 Å². The third kappa shape index (κ3) is 2.11. The van der Waals surface area contributed by atoms with E-state index in [4.69, 9.17) is 0 Å². The molecular weight excluding hydrogens is 162 g/mol. The van der Waals surface area contributed by atoms with E-state index in [1.54, 1.807) is 0 Å². The van der Waals surface area contributed by atoms with Crippen molar-refractivity contribution < 1.29 is 0 Å². The first-order valence-electron chi connectivity index (χ1n) is 4.57. The van der Waals surface area contributed by atoms with Crippen molar-refractivity contribution >= 4 is 15.4 Å². The third-order valence-electron chi connectivity index (χ3n) is 2.05. The van der Waals surface area contributed by atoms with Gasteiger partial charge in [-0.2, -0.15) is 0 Å². The van der Waals surface area contributed by atoms with Crippen molar-refractivity contribution in [3.05, 3.63) is 30.3 Å². The quantitative estimate of drug-likeness (QED) is 0.642. The maximum atomic E-state index is 2.51. The maximum Gasteiger partial charge on any atom is 0.121 e. The lowest BCUT2D eigenvalue weighted by Crippen LogP contribution is -2.32. The van der Waals surface area contributed by atoms with Crippen LogP contribution in [0.5, 0.6) is 0 Å². The lowest BCUT2D eigenvalue weighted by molar-refractivity contribution is 0.823. The highest BCUT2D eigenvalue weighted by Crippen LogP contribution is 2.14. The van der Waals surface area contributed by atoms with Crippen LogP contribution in [-0.4, -0.2) is 15.7 Å². The van der Waals surface area contributed by atoms with Gasteiger partial charge in [-0.1, -0.05) is 24.7 Å². The molecule has 0 heterocycles. The van der Waals surface area contributed by atoms with E-state index < -0.39 is 0 Å². The Morgan fingerprint density at radius 1 is 1.17 bits per heavy atom. The molecule has 0 aromatic heterocycles. The second kappa shape index (κ2) is 4.31. The first-order chi connectivity index (χ1) is 5.75. The molecule has 1 rings (SSSR count). The van der Waals surface area contributed by atoms with Gasteiger partial charge < -0.3 is 4.57 Å². The molecule has 0 atom stereocenters. The minimum absolute atomic E-state index is 0.0844. The Morgan fingerprint density at radius 3 is 2.17 bits per heavy atom. The largest absolute Gasteiger partial charge is 0.401 e. The fourth-order valence-corrected chi connectivity index (χ4v) is 2.77. The van der Waals surface area contributed by atoms with E-state index in [9.17, 15) is 0 Å². The molecule has 0 saturated heterocycles. The molecule has 1 aromatic carbocycles. The second-order valence-corrected chi connectivity index (χ2v) is 4.53. The first kappa shape index (κ1) is 9.33. The molecule has 0 bridgehead atoms. The van der Waals surface area contributed by atoms with Gasteiger partial charge in [-0.3, -0.25) is 0 Å². The lowest BCUT2D eigenvalue weighted by atomic mass is 10.3. The minimum Gasteiger partial charge on any atom is -0.401 e. The van der Waals surface area contributed by atoms with E-state index >= 15 is 0 Å². The zero-order chi connectivity index (χ0) is 8.97. The van der Waals surface area contributed by atoms with Crippen LogP contribution in [0.4, 0.5) is 5.69 Å². The number of rotatable bonds is 3. The van der Waals surface area contributed by atoms with Crippen molar-refractivity contribution in [1.29, 1.82) is 0 Å². The number of para-hydroxylation sites is 1. The normalized spacial score (nSPS) is 11.3. The summed E-state index contributed by atoms with van der Waals surface area (Å²) in [5, 5.41) is 0. The highest BCUT2D eigenvalue weighted by atomic mass is 28.2. The van der Waals surface area contributed by atoms with Gasteiger partial charge in [0.15, 0.2) is 0 Å². The van der Waals surface area contributed by atoms with Crippen LogP contribution in [0.15, 0.2) is 30.3 Å². The SMILES string of the molecule is C[SiH2]N(c1ccccc1)C(C)C. The molecule has 0 N–H and O–H groups in total. The summed E-state index contributed by atoms with van der Waals surface area (Å²) in [6, 6.07) is 11.3. The molecule has 0 aliphatic rings. The average molecular weight is 179 g/mol. The Bertz CT molecular complexity index is 221. The van der Waals surface area contributed by atoms with Gasteiger partial charge in [0, 0.05) is 11.7 Å². The predicted octanol–water partition coefficient (Wildman–Crippen LogP) is 2.03. The Labute approximate surface area is 77.3 Å². The average Bonchev–Trinajstić information content (AvgIpc) is 2.07. The zero-order valence-electron chi connectivity index (χ0n) is 8.12. The highest BCUT2D eigenvalue weighted by Gasteiger charge is 2.05. The molecule has 1 nitrogen and oxygen atoms in total. The third-order valence-corrected chi connectivity index (χ3v) is 3.83. The molecule has 1 aromatic rings. The summed E-state index contributed by atoms with van der Waals surface area (Å²) >= 11 is 0. The van der Waals surface area contributed by atoms with Crippen molar-refractivity contribution in [2.75, 3.05) is 4.57 Å². The number of hydrogen-bond acceptors (Lipinski definition) is 1. The molecule has 0 radical (unpaired) electrons. The van der Waals surface area contributed by atoms with Crippen molar-refractivity contribution in [1.82, 2.24) is 0 Å².